The molecule has 150 valence electrons. The molecule has 7 heteroatoms. The molecule has 6 nitrogen and oxygen atoms in total. The number of hydrogen-bond acceptors (Lipinski definition) is 5. The number of rotatable bonds is 4. The van der Waals surface area contributed by atoms with Gasteiger partial charge in [-0.05, 0) is 29.8 Å². The van der Waals surface area contributed by atoms with Crippen LogP contribution >= 0.6 is 0 Å². The van der Waals surface area contributed by atoms with E-state index in [9.17, 15) is 9.18 Å². The van der Waals surface area contributed by atoms with E-state index in [2.05, 4.69) is 20.1 Å². The van der Waals surface area contributed by atoms with Crippen LogP contribution in [0.2, 0.25) is 0 Å². The van der Waals surface area contributed by atoms with Gasteiger partial charge in [-0.2, -0.15) is 4.98 Å². The Morgan fingerprint density at radius 1 is 1.00 bits per heavy atom. The fourth-order valence-electron chi connectivity index (χ4n) is 4.35. The van der Waals surface area contributed by atoms with Crippen molar-refractivity contribution in [2.45, 2.75) is 19.1 Å². The van der Waals surface area contributed by atoms with Crippen LogP contribution in [0, 0.1) is 5.82 Å². The molecular weight excluding hydrogens is 369 g/mol. The molecule has 1 fully saturated rings. The quantitative estimate of drug-likeness (QED) is 0.736. The fourth-order valence-corrected chi connectivity index (χ4v) is 4.35. The van der Waals surface area contributed by atoms with Gasteiger partial charge in [0.1, 0.15) is 11.6 Å². The zero-order chi connectivity index (χ0) is 19.8. The molecule has 0 spiro atoms. The summed E-state index contributed by atoms with van der Waals surface area (Å²) in [5.41, 5.74) is 1.70. The smallest absolute Gasteiger partial charge is 0.349 e. The summed E-state index contributed by atoms with van der Waals surface area (Å²) in [6.45, 7) is 6.37. The lowest BCUT2D eigenvalue weighted by Gasteiger charge is -2.35. The van der Waals surface area contributed by atoms with E-state index in [1.165, 1.54) is 12.1 Å². The summed E-state index contributed by atoms with van der Waals surface area (Å²) in [5, 5.41) is 4.55. The Morgan fingerprint density at radius 2 is 1.72 bits per heavy atom. The van der Waals surface area contributed by atoms with Crippen LogP contribution < -0.4 is 11.0 Å². The SMILES string of the molecule is O=c1nc2ccccc2c2n1CC(CN1CCN(Cc3ccc(F)cc3)CC1)N2. The number of nitrogens with one attached hydrogen (secondary N) is 1. The van der Waals surface area contributed by atoms with Crippen molar-refractivity contribution < 1.29 is 4.39 Å². The molecule has 1 saturated heterocycles. The first kappa shape index (κ1) is 18.3. The molecule has 1 N–H and O–H groups in total. The monoisotopic (exact) mass is 393 g/mol. The first-order chi connectivity index (χ1) is 14.2. The van der Waals surface area contributed by atoms with E-state index < -0.39 is 0 Å². The Kier molecular flexibility index (Phi) is 4.77. The van der Waals surface area contributed by atoms with Crippen molar-refractivity contribution in [3.8, 4) is 0 Å². The summed E-state index contributed by atoms with van der Waals surface area (Å²) in [6, 6.07) is 14.7. The van der Waals surface area contributed by atoms with E-state index in [4.69, 9.17) is 0 Å². The number of piperazine rings is 1. The molecule has 0 amide bonds. The second kappa shape index (κ2) is 7.57. The summed E-state index contributed by atoms with van der Waals surface area (Å²) < 4.78 is 14.8. The molecule has 0 saturated carbocycles. The van der Waals surface area contributed by atoms with Crippen molar-refractivity contribution >= 4 is 16.7 Å². The Morgan fingerprint density at radius 3 is 2.52 bits per heavy atom. The first-order valence-electron chi connectivity index (χ1n) is 10.1. The van der Waals surface area contributed by atoms with Gasteiger partial charge >= 0.3 is 5.69 Å². The largest absolute Gasteiger partial charge is 0.365 e. The zero-order valence-corrected chi connectivity index (χ0v) is 16.2. The maximum Gasteiger partial charge on any atom is 0.349 e. The Bertz CT molecular complexity index is 1070. The summed E-state index contributed by atoms with van der Waals surface area (Å²) in [7, 11) is 0. The highest BCUT2D eigenvalue weighted by Gasteiger charge is 2.27. The molecule has 2 aliphatic rings. The highest BCUT2D eigenvalue weighted by atomic mass is 19.1. The Balaban J connectivity index is 1.19. The van der Waals surface area contributed by atoms with Crippen LogP contribution in [-0.2, 0) is 13.1 Å². The van der Waals surface area contributed by atoms with Crippen LogP contribution in [-0.4, -0.2) is 58.1 Å². The number of nitrogens with zero attached hydrogens (tertiary/aromatic N) is 4. The van der Waals surface area contributed by atoms with Crippen LogP contribution in [0.25, 0.3) is 10.9 Å². The van der Waals surface area contributed by atoms with Gasteiger partial charge < -0.3 is 5.32 Å². The van der Waals surface area contributed by atoms with Gasteiger partial charge in [-0.1, -0.05) is 24.3 Å². The lowest BCUT2D eigenvalue weighted by molar-refractivity contribution is 0.123. The van der Waals surface area contributed by atoms with E-state index in [1.54, 1.807) is 4.57 Å². The molecule has 1 atom stereocenters. The van der Waals surface area contributed by atoms with Gasteiger partial charge in [0.15, 0.2) is 0 Å². The lowest BCUT2D eigenvalue weighted by atomic mass is 10.2. The average Bonchev–Trinajstić information content (AvgIpc) is 3.16. The predicted octanol–water partition coefficient (Wildman–Crippen LogP) is 2.15. The molecule has 0 radical (unpaired) electrons. The van der Waals surface area contributed by atoms with Crippen molar-refractivity contribution in [2.75, 3.05) is 38.0 Å². The van der Waals surface area contributed by atoms with Crippen molar-refractivity contribution in [2.24, 2.45) is 0 Å². The zero-order valence-electron chi connectivity index (χ0n) is 16.2. The minimum Gasteiger partial charge on any atom is -0.365 e. The van der Waals surface area contributed by atoms with Gasteiger partial charge in [-0.3, -0.25) is 14.4 Å². The maximum absolute atomic E-state index is 13.1. The van der Waals surface area contributed by atoms with E-state index in [-0.39, 0.29) is 17.5 Å². The van der Waals surface area contributed by atoms with Crippen molar-refractivity contribution in [3.05, 3.63) is 70.4 Å². The molecule has 2 aromatic carbocycles. The first-order valence-corrected chi connectivity index (χ1v) is 10.1. The third-order valence-corrected chi connectivity index (χ3v) is 5.88. The summed E-state index contributed by atoms with van der Waals surface area (Å²) in [5.74, 6) is 0.700. The number of halogens is 1. The number of fused-ring (bicyclic) bond motifs is 3. The van der Waals surface area contributed by atoms with Crippen LogP contribution in [0.5, 0.6) is 0 Å². The molecule has 3 heterocycles. The summed E-state index contributed by atoms with van der Waals surface area (Å²) >= 11 is 0. The standard InChI is InChI=1S/C22H24FN5O/c23-17-7-5-16(6-8-17)13-26-9-11-27(12-10-26)14-18-15-28-21(24-18)19-3-1-2-4-20(19)25-22(28)29/h1-8,18,24H,9-15H2. The number of aromatic nitrogens is 2. The lowest BCUT2D eigenvalue weighted by Crippen LogP contribution is -2.49. The molecule has 2 aliphatic heterocycles. The van der Waals surface area contributed by atoms with E-state index in [0.717, 1.165) is 61.6 Å². The van der Waals surface area contributed by atoms with Crippen LogP contribution in [0.1, 0.15) is 5.56 Å². The molecule has 29 heavy (non-hydrogen) atoms. The number of para-hydroxylation sites is 1. The third kappa shape index (κ3) is 3.75. The number of anilines is 1. The Hall–Kier alpha value is -2.77. The Labute approximate surface area is 168 Å². The fraction of sp³-hybridized carbons (Fsp3) is 0.364. The van der Waals surface area contributed by atoms with Crippen molar-refractivity contribution in [1.82, 2.24) is 19.4 Å². The van der Waals surface area contributed by atoms with Crippen LogP contribution in [0.3, 0.4) is 0 Å². The topological polar surface area (TPSA) is 53.4 Å². The van der Waals surface area contributed by atoms with Gasteiger partial charge in [0.05, 0.1) is 18.1 Å². The predicted molar refractivity (Wildman–Crippen MR) is 112 cm³/mol. The second-order valence-corrected chi connectivity index (χ2v) is 7.92. The minimum atomic E-state index is -0.189. The molecule has 1 aromatic heterocycles. The van der Waals surface area contributed by atoms with E-state index in [1.807, 2.05) is 36.4 Å². The van der Waals surface area contributed by atoms with Crippen molar-refractivity contribution in [3.63, 3.8) is 0 Å². The molecule has 0 bridgehead atoms. The van der Waals surface area contributed by atoms with E-state index >= 15 is 0 Å². The van der Waals surface area contributed by atoms with Crippen LogP contribution in [0.15, 0.2) is 53.3 Å². The summed E-state index contributed by atoms with van der Waals surface area (Å²) in [4.78, 5) is 21.4. The normalized spacial score (nSPS) is 20.0. The molecule has 5 rings (SSSR count). The van der Waals surface area contributed by atoms with Gasteiger partial charge in [0.25, 0.3) is 0 Å². The molecular formula is C22H24FN5O. The summed E-state index contributed by atoms with van der Waals surface area (Å²) in [6.07, 6.45) is 0. The van der Waals surface area contributed by atoms with Gasteiger partial charge in [-0.15, -0.1) is 0 Å². The van der Waals surface area contributed by atoms with Gasteiger partial charge in [0, 0.05) is 44.7 Å². The molecule has 1 unspecified atom stereocenters. The van der Waals surface area contributed by atoms with E-state index in [0.29, 0.717) is 6.54 Å². The maximum atomic E-state index is 13.1. The average molecular weight is 393 g/mol. The number of benzene rings is 2. The minimum absolute atomic E-state index is 0.183. The van der Waals surface area contributed by atoms with Gasteiger partial charge in [0.2, 0.25) is 0 Å². The third-order valence-electron chi connectivity index (χ3n) is 5.88. The molecule has 0 aliphatic carbocycles. The van der Waals surface area contributed by atoms with Gasteiger partial charge in [-0.25, -0.2) is 9.18 Å². The molecule has 3 aromatic rings. The number of hydrogen-bond donors (Lipinski definition) is 1. The highest BCUT2D eigenvalue weighted by molar-refractivity contribution is 5.89. The second-order valence-electron chi connectivity index (χ2n) is 7.92. The highest BCUT2D eigenvalue weighted by Crippen LogP contribution is 2.25. The van der Waals surface area contributed by atoms with Crippen LogP contribution in [0.4, 0.5) is 10.2 Å². The van der Waals surface area contributed by atoms with Crippen molar-refractivity contribution in [1.29, 1.82) is 0 Å².